The molecule has 23 heavy (non-hydrogen) atoms. The van der Waals surface area contributed by atoms with E-state index in [-0.39, 0.29) is 23.5 Å². The van der Waals surface area contributed by atoms with Gasteiger partial charge in [-0.3, -0.25) is 4.79 Å². The van der Waals surface area contributed by atoms with Gasteiger partial charge in [0.05, 0.1) is 11.6 Å². The fraction of sp³-hybridized carbons (Fsp3) is 0.688. The molecule has 0 aromatic carbocycles. The smallest absolute Gasteiger partial charge is 0.315 e. The second-order valence-electron chi connectivity index (χ2n) is 7.59. The minimum Gasteiger partial charge on any atom is -0.336 e. The first kappa shape index (κ1) is 17.7. The third-order valence-electron chi connectivity index (χ3n) is 3.85. The molecule has 0 radical (unpaired) electrons. The largest absolute Gasteiger partial charge is 0.336 e. The summed E-state index contributed by atoms with van der Waals surface area (Å²) in [6.07, 6.45) is 0.349. The lowest BCUT2D eigenvalue weighted by Crippen LogP contribution is -2.50. The van der Waals surface area contributed by atoms with Gasteiger partial charge >= 0.3 is 6.03 Å². The molecule has 6 nitrogen and oxygen atoms in total. The number of nitrogens with one attached hydrogen (secondary N) is 2. The number of hydrogen-bond donors (Lipinski definition) is 2. The standard InChI is InChI=1S/C16H26N4O2S/c1-10-9-23-13(17-10)16(5,6)19-14(22)18-11-7-12(21)20(8-11)15(2,3)4/h9,11H,7-8H2,1-6H3,(H2,18,19,22)/t11-/m0/s1. The van der Waals surface area contributed by atoms with Crippen LogP contribution in [0, 0.1) is 6.92 Å². The Kier molecular flexibility index (Phi) is 4.71. The quantitative estimate of drug-likeness (QED) is 0.888. The molecule has 128 valence electrons. The van der Waals surface area contributed by atoms with E-state index in [0.717, 1.165) is 10.7 Å². The van der Waals surface area contributed by atoms with Crippen molar-refractivity contribution >= 4 is 23.3 Å². The zero-order chi connectivity index (χ0) is 17.4. The number of carbonyl (C=O) groups is 2. The first-order valence-corrected chi connectivity index (χ1v) is 8.69. The van der Waals surface area contributed by atoms with E-state index in [2.05, 4.69) is 15.6 Å². The molecule has 1 aromatic heterocycles. The van der Waals surface area contributed by atoms with Crippen LogP contribution in [0.2, 0.25) is 0 Å². The molecule has 2 rings (SSSR count). The van der Waals surface area contributed by atoms with E-state index in [1.165, 1.54) is 11.3 Å². The van der Waals surface area contributed by atoms with Crippen LogP contribution in [-0.2, 0) is 10.3 Å². The van der Waals surface area contributed by atoms with Crippen LogP contribution in [0.5, 0.6) is 0 Å². The highest BCUT2D eigenvalue weighted by molar-refractivity contribution is 7.09. The van der Waals surface area contributed by atoms with Crippen molar-refractivity contribution < 1.29 is 9.59 Å². The average molecular weight is 338 g/mol. The lowest BCUT2D eigenvalue weighted by Gasteiger charge is -2.32. The Bertz CT molecular complexity index is 603. The van der Waals surface area contributed by atoms with Gasteiger partial charge in [-0.25, -0.2) is 9.78 Å². The SMILES string of the molecule is Cc1csc(C(C)(C)NC(=O)N[C@H]2CC(=O)N(C(C)(C)C)C2)n1. The van der Waals surface area contributed by atoms with Gasteiger partial charge < -0.3 is 15.5 Å². The molecule has 7 heteroatoms. The topological polar surface area (TPSA) is 74.3 Å². The normalized spacial score (nSPS) is 19.1. The molecule has 1 atom stereocenters. The summed E-state index contributed by atoms with van der Waals surface area (Å²) in [6, 6.07) is -0.424. The van der Waals surface area contributed by atoms with Crippen LogP contribution >= 0.6 is 11.3 Å². The summed E-state index contributed by atoms with van der Waals surface area (Å²) >= 11 is 1.53. The molecule has 2 heterocycles. The van der Waals surface area contributed by atoms with Crippen molar-refractivity contribution in [1.29, 1.82) is 0 Å². The third kappa shape index (κ3) is 4.22. The van der Waals surface area contributed by atoms with Crippen LogP contribution in [0.25, 0.3) is 0 Å². The van der Waals surface area contributed by atoms with E-state index in [1.54, 1.807) is 0 Å². The van der Waals surface area contributed by atoms with E-state index >= 15 is 0 Å². The Balaban J connectivity index is 1.94. The number of thiazole rings is 1. The zero-order valence-electron chi connectivity index (χ0n) is 14.7. The van der Waals surface area contributed by atoms with Crippen LogP contribution < -0.4 is 10.6 Å². The van der Waals surface area contributed by atoms with Gasteiger partial charge in [0.1, 0.15) is 5.01 Å². The molecule has 2 N–H and O–H groups in total. The molecule has 0 unspecified atom stereocenters. The van der Waals surface area contributed by atoms with E-state index in [1.807, 2.05) is 51.8 Å². The molecule has 0 saturated carbocycles. The van der Waals surface area contributed by atoms with E-state index in [4.69, 9.17) is 0 Å². The second kappa shape index (κ2) is 6.11. The van der Waals surface area contributed by atoms with Crippen molar-refractivity contribution in [2.45, 2.75) is 65.1 Å². The van der Waals surface area contributed by atoms with Gasteiger partial charge in [-0.1, -0.05) is 0 Å². The van der Waals surface area contributed by atoms with Gasteiger partial charge in [-0.2, -0.15) is 0 Å². The monoisotopic (exact) mass is 338 g/mol. The average Bonchev–Trinajstić information content (AvgIpc) is 2.94. The Labute approximate surface area is 141 Å². The first-order chi connectivity index (χ1) is 10.5. The molecule has 0 spiro atoms. The minimum atomic E-state index is -0.546. The number of rotatable bonds is 3. The molecule has 0 bridgehead atoms. The second-order valence-corrected chi connectivity index (χ2v) is 8.45. The van der Waals surface area contributed by atoms with Crippen molar-refractivity contribution in [1.82, 2.24) is 20.5 Å². The fourth-order valence-electron chi connectivity index (χ4n) is 2.65. The van der Waals surface area contributed by atoms with Crippen molar-refractivity contribution in [3.63, 3.8) is 0 Å². The molecule has 1 saturated heterocycles. The van der Waals surface area contributed by atoms with Crippen molar-refractivity contribution in [2.75, 3.05) is 6.54 Å². The predicted molar refractivity (Wildman–Crippen MR) is 91.4 cm³/mol. The lowest BCUT2D eigenvalue weighted by atomic mass is 10.1. The Hall–Kier alpha value is -1.63. The molecular formula is C16H26N4O2S. The highest BCUT2D eigenvalue weighted by Crippen LogP contribution is 2.24. The molecule has 1 aromatic rings. The summed E-state index contributed by atoms with van der Waals surface area (Å²) in [4.78, 5) is 30.6. The van der Waals surface area contributed by atoms with Crippen molar-refractivity contribution in [3.8, 4) is 0 Å². The van der Waals surface area contributed by atoms with E-state index in [0.29, 0.717) is 13.0 Å². The van der Waals surface area contributed by atoms with Gasteiger partial charge in [0.2, 0.25) is 5.91 Å². The van der Waals surface area contributed by atoms with Crippen LogP contribution in [0.4, 0.5) is 4.79 Å². The number of amides is 3. The number of nitrogens with zero attached hydrogens (tertiary/aromatic N) is 2. The van der Waals surface area contributed by atoms with Gasteiger partial charge in [0.25, 0.3) is 0 Å². The highest BCUT2D eigenvalue weighted by Gasteiger charge is 2.37. The molecule has 1 aliphatic rings. The number of aromatic nitrogens is 1. The van der Waals surface area contributed by atoms with Gasteiger partial charge in [-0.15, -0.1) is 11.3 Å². The maximum atomic E-state index is 12.3. The molecule has 0 aliphatic carbocycles. The zero-order valence-corrected chi connectivity index (χ0v) is 15.5. The van der Waals surface area contributed by atoms with E-state index < -0.39 is 5.54 Å². The summed E-state index contributed by atoms with van der Waals surface area (Å²) in [5.41, 5.74) is 0.180. The third-order valence-corrected chi connectivity index (χ3v) is 5.13. The van der Waals surface area contributed by atoms with Crippen molar-refractivity contribution in [2.24, 2.45) is 0 Å². The Morgan fingerprint density at radius 2 is 2.00 bits per heavy atom. The predicted octanol–water partition coefficient (Wildman–Crippen LogP) is 2.39. The number of aryl methyl sites for hydroxylation is 1. The van der Waals surface area contributed by atoms with Gasteiger partial charge in [0.15, 0.2) is 0 Å². The summed E-state index contributed by atoms with van der Waals surface area (Å²) in [6.45, 7) is 12.3. The van der Waals surface area contributed by atoms with Gasteiger partial charge in [0, 0.05) is 29.6 Å². The maximum Gasteiger partial charge on any atom is 0.315 e. The molecule has 3 amide bonds. The van der Waals surface area contributed by atoms with Crippen LogP contribution in [0.1, 0.15) is 51.7 Å². The molecular weight excluding hydrogens is 312 g/mol. The summed E-state index contributed by atoms with van der Waals surface area (Å²) < 4.78 is 0. The van der Waals surface area contributed by atoms with Crippen LogP contribution in [0.3, 0.4) is 0 Å². The number of urea groups is 1. The molecule has 1 fully saturated rings. The number of hydrogen-bond acceptors (Lipinski definition) is 4. The van der Waals surface area contributed by atoms with Crippen molar-refractivity contribution in [3.05, 3.63) is 16.1 Å². The van der Waals surface area contributed by atoms with Crippen LogP contribution in [0.15, 0.2) is 5.38 Å². The summed E-state index contributed by atoms with van der Waals surface area (Å²) in [5.74, 6) is 0.0811. The Morgan fingerprint density at radius 1 is 1.35 bits per heavy atom. The summed E-state index contributed by atoms with van der Waals surface area (Å²) in [7, 11) is 0. The highest BCUT2D eigenvalue weighted by atomic mass is 32.1. The maximum absolute atomic E-state index is 12.3. The Morgan fingerprint density at radius 3 is 2.48 bits per heavy atom. The number of likely N-dealkylation sites (tertiary alicyclic amines) is 1. The first-order valence-electron chi connectivity index (χ1n) is 7.81. The van der Waals surface area contributed by atoms with Crippen LogP contribution in [-0.4, -0.2) is 39.9 Å². The number of carbonyl (C=O) groups excluding carboxylic acids is 2. The molecule has 1 aliphatic heterocycles. The van der Waals surface area contributed by atoms with E-state index in [9.17, 15) is 9.59 Å². The fourth-order valence-corrected chi connectivity index (χ4v) is 3.53. The van der Waals surface area contributed by atoms with Gasteiger partial charge in [-0.05, 0) is 41.5 Å². The summed E-state index contributed by atoms with van der Waals surface area (Å²) in [5, 5.41) is 8.69. The lowest BCUT2D eigenvalue weighted by molar-refractivity contribution is -0.131. The minimum absolute atomic E-state index is 0.0811.